The molecule has 2 rings (SSSR count). The molecule has 0 fully saturated rings. The topological polar surface area (TPSA) is 20.3 Å². The van der Waals surface area contributed by atoms with Crippen molar-refractivity contribution in [3.8, 4) is 0 Å². The van der Waals surface area contributed by atoms with E-state index in [1.54, 1.807) is 13.0 Å². The predicted octanol–water partition coefficient (Wildman–Crippen LogP) is 4.63. The van der Waals surface area contributed by atoms with E-state index >= 15 is 0 Å². The molecule has 0 atom stereocenters. The molecule has 0 radical (unpaired) electrons. The highest BCUT2D eigenvalue weighted by molar-refractivity contribution is 6.30. The Balaban J connectivity index is 2.36. The summed E-state index contributed by atoms with van der Waals surface area (Å²) in [5.41, 5.74) is 2.67. The first-order valence-corrected chi connectivity index (χ1v) is 7.03. The summed E-state index contributed by atoms with van der Waals surface area (Å²) in [6.45, 7) is 3.72. The lowest BCUT2D eigenvalue weighted by atomic mass is 10.0. The molecule has 2 aromatic carbocycles. The Bertz CT molecular complexity index is 684. The lowest BCUT2D eigenvalue weighted by Crippen LogP contribution is -2.19. The largest absolute Gasteiger partial charge is 0.370 e. The number of halogens is 2. The Kier molecular flexibility index (Phi) is 4.63. The summed E-state index contributed by atoms with van der Waals surface area (Å²) in [6, 6.07) is 10.5. The SMILES string of the molecule is CC(=O)c1cc(F)c(C)cc1N(C)Cc1cccc(Cl)c1. The van der Waals surface area contributed by atoms with Gasteiger partial charge in [0.2, 0.25) is 0 Å². The highest BCUT2D eigenvalue weighted by Crippen LogP contribution is 2.26. The van der Waals surface area contributed by atoms with Crippen LogP contribution in [-0.2, 0) is 6.54 Å². The number of rotatable bonds is 4. The van der Waals surface area contributed by atoms with Gasteiger partial charge in [-0.2, -0.15) is 0 Å². The summed E-state index contributed by atoms with van der Waals surface area (Å²) in [5.74, 6) is -0.512. The summed E-state index contributed by atoms with van der Waals surface area (Å²) >= 11 is 5.98. The molecule has 110 valence electrons. The van der Waals surface area contributed by atoms with Crippen molar-refractivity contribution in [3.63, 3.8) is 0 Å². The number of Topliss-reactive ketones (excluding diaryl/α,β-unsaturated/α-hetero) is 1. The highest BCUT2D eigenvalue weighted by Gasteiger charge is 2.15. The maximum Gasteiger partial charge on any atom is 0.161 e. The van der Waals surface area contributed by atoms with Gasteiger partial charge in [-0.25, -0.2) is 4.39 Å². The van der Waals surface area contributed by atoms with Crippen molar-refractivity contribution < 1.29 is 9.18 Å². The maximum absolute atomic E-state index is 13.7. The molecule has 2 aromatic rings. The number of nitrogens with zero attached hydrogens (tertiary/aromatic N) is 1. The molecule has 0 saturated heterocycles. The third kappa shape index (κ3) is 3.61. The molecule has 0 aromatic heterocycles. The molecule has 0 aliphatic rings. The molecule has 0 unspecified atom stereocenters. The van der Waals surface area contributed by atoms with E-state index in [1.165, 1.54) is 13.0 Å². The molecule has 0 bridgehead atoms. The van der Waals surface area contributed by atoms with Crippen LogP contribution in [0.1, 0.15) is 28.4 Å². The van der Waals surface area contributed by atoms with E-state index in [1.807, 2.05) is 36.2 Å². The normalized spacial score (nSPS) is 10.5. The lowest BCUT2D eigenvalue weighted by molar-refractivity contribution is 0.101. The fourth-order valence-corrected chi connectivity index (χ4v) is 2.47. The van der Waals surface area contributed by atoms with E-state index in [0.29, 0.717) is 22.7 Å². The molecule has 0 spiro atoms. The zero-order valence-electron chi connectivity index (χ0n) is 12.3. The van der Waals surface area contributed by atoms with Crippen LogP contribution in [-0.4, -0.2) is 12.8 Å². The number of ketones is 1. The van der Waals surface area contributed by atoms with Gasteiger partial charge in [-0.05, 0) is 49.2 Å². The van der Waals surface area contributed by atoms with Crippen LogP contribution in [0, 0.1) is 12.7 Å². The molecule has 0 amide bonds. The van der Waals surface area contributed by atoms with E-state index in [0.717, 1.165) is 11.3 Å². The van der Waals surface area contributed by atoms with Crippen LogP contribution >= 0.6 is 11.6 Å². The Morgan fingerprint density at radius 3 is 2.62 bits per heavy atom. The molecule has 0 aliphatic heterocycles. The van der Waals surface area contributed by atoms with Gasteiger partial charge in [-0.3, -0.25) is 4.79 Å². The Labute approximate surface area is 129 Å². The zero-order valence-corrected chi connectivity index (χ0v) is 13.0. The number of carbonyl (C=O) groups excluding carboxylic acids is 1. The second kappa shape index (κ2) is 6.27. The molecular weight excluding hydrogens is 289 g/mol. The molecule has 0 aliphatic carbocycles. The summed E-state index contributed by atoms with van der Waals surface area (Å²) in [4.78, 5) is 13.7. The number of aryl methyl sites for hydroxylation is 1. The number of carbonyl (C=O) groups is 1. The van der Waals surface area contributed by atoms with Gasteiger partial charge in [0.15, 0.2) is 5.78 Å². The van der Waals surface area contributed by atoms with E-state index in [2.05, 4.69) is 0 Å². The Morgan fingerprint density at radius 1 is 1.29 bits per heavy atom. The van der Waals surface area contributed by atoms with E-state index in [-0.39, 0.29) is 11.6 Å². The van der Waals surface area contributed by atoms with Crippen LogP contribution in [0.4, 0.5) is 10.1 Å². The first-order valence-electron chi connectivity index (χ1n) is 6.65. The first kappa shape index (κ1) is 15.5. The number of hydrogen-bond acceptors (Lipinski definition) is 2. The number of benzene rings is 2. The minimum atomic E-state index is -0.361. The highest BCUT2D eigenvalue weighted by atomic mass is 35.5. The third-order valence-electron chi connectivity index (χ3n) is 3.38. The minimum Gasteiger partial charge on any atom is -0.370 e. The maximum atomic E-state index is 13.7. The van der Waals surface area contributed by atoms with E-state index in [9.17, 15) is 9.18 Å². The molecule has 0 saturated carbocycles. The fourth-order valence-electron chi connectivity index (χ4n) is 2.26. The van der Waals surface area contributed by atoms with Gasteiger partial charge >= 0.3 is 0 Å². The van der Waals surface area contributed by atoms with Crippen molar-refractivity contribution in [2.75, 3.05) is 11.9 Å². The molecule has 0 N–H and O–H groups in total. The van der Waals surface area contributed by atoms with Gasteiger partial charge in [-0.1, -0.05) is 23.7 Å². The van der Waals surface area contributed by atoms with Gasteiger partial charge in [0.1, 0.15) is 5.82 Å². The zero-order chi connectivity index (χ0) is 15.6. The standard InChI is InChI=1S/C17H17ClFNO/c1-11-7-17(15(12(2)21)9-16(11)19)20(3)10-13-5-4-6-14(18)8-13/h4-9H,10H2,1-3H3. The van der Waals surface area contributed by atoms with Gasteiger partial charge in [-0.15, -0.1) is 0 Å². The van der Waals surface area contributed by atoms with Crippen LogP contribution < -0.4 is 4.90 Å². The fraction of sp³-hybridized carbons (Fsp3) is 0.235. The average molecular weight is 306 g/mol. The second-order valence-electron chi connectivity index (χ2n) is 5.16. The van der Waals surface area contributed by atoms with Crippen molar-refractivity contribution >= 4 is 23.1 Å². The van der Waals surface area contributed by atoms with Gasteiger partial charge < -0.3 is 4.90 Å². The van der Waals surface area contributed by atoms with Crippen molar-refractivity contribution in [2.24, 2.45) is 0 Å². The number of hydrogen-bond donors (Lipinski definition) is 0. The molecular formula is C17H17ClFNO. The van der Waals surface area contributed by atoms with Gasteiger partial charge in [0.25, 0.3) is 0 Å². The third-order valence-corrected chi connectivity index (χ3v) is 3.61. The number of anilines is 1. The lowest BCUT2D eigenvalue weighted by Gasteiger charge is -2.23. The summed E-state index contributed by atoms with van der Waals surface area (Å²) in [7, 11) is 1.88. The average Bonchev–Trinajstić information content (AvgIpc) is 2.41. The summed E-state index contributed by atoms with van der Waals surface area (Å²) in [5, 5.41) is 0.669. The molecule has 2 nitrogen and oxygen atoms in total. The summed E-state index contributed by atoms with van der Waals surface area (Å²) < 4.78 is 13.7. The smallest absolute Gasteiger partial charge is 0.161 e. The van der Waals surface area contributed by atoms with Crippen LogP contribution in [0.2, 0.25) is 5.02 Å². The van der Waals surface area contributed by atoms with Crippen molar-refractivity contribution in [1.29, 1.82) is 0 Å². The van der Waals surface area contributed by atoms with Crippen molar-refractivity contribution in [3.05, 3.63) is 63.9 Å². The second-order valence-corrected chi connectivity index (χ2v) is 5.60. The Morgan fingerprint density at radius 2 is 2.00 bits per heavy atom. The first-order chi connectivity index (χ1) is 9.88. The Hall–Kier alpha value is -1.87. The minimum absolute atomic E-state index is 0.151. The quantitative estimate of drug-likeness (QED) is 0.768. The molecule has 21 heavy (non-hydrogen) atoms. The molecule has 4 heteroatoms. The van der Waals surface area contributed by atoms with Crippen molar-refractivity contribution in [1.82, 2.24) is 0 Å². The van der Waals surface area contributed by atoms with E-state index < -0.39 is 0 Å². The van der Waals surface area contributed by atoms with Crippen LogP contribution in [0.15, 0.2) is 36.4 Å². The summed E-state index contributed by atoms with van der Waals surface area (Å²) in [6.07, 6.45) is 0. The predicted molar refractivity (Wildman–Crippen MR) is 84.7 cm³/mol. The van der Waals surface area contributed by atoms with Crippen LogP contribution in [0.5, 0.6) is 0 Å². The monoisotopic (exact) mass is 305 g/mol. The van der Waals surface area contributed by atoms with E-state index in [4.69, 9.17) is 11.6 Å². The molecule has 0 heterocycles. The van der Waals surface area contributed by atoms with Crippen LogP contribution in [0.25, 0.3) is 0 Å². The van der Waals surface area contributed by atoms with Gasteiger partial charge in [0.05, 0.1) is 0 Å². The van der Waals surface area contributed by atoms with Gasteiger partial charge in [0, 0.05) is 29.9 Å². The van der Waals surface area contributed by atoms with Crippen LogP contribution in [0.3, 0.4) is 0 Å². The van der Waals surface area contributed by atoms with Crippen molar-refractivity contribution in [2.45, 2.75) is 20.4 Å².